The number of halogens is 2. The van der Waals surface area contributed by atoms with Crippen LogP contribution in [0.5, 0.6) is 11.5 Å². The second-order valence-corrected chi connectivity index (χ2v) is 5.60. The highest BCUT2D eigenvalue weighted by Crippen LogP contribution is 2.38. The molecule has 0 heterocycles. The van der Waals surface area contributed by atoms with E-state index in [0.29, 0.717) is 32.1 Å². The van der Waals surface area contributed by atoms with Crippen LogP contribution in [0.3, 0.4) is 0 Å². The van der Waals surface area contributed by atoms with Crippen LogP contribution in [-0.4, -0.2) is 20.0 Å². The summed E-state index contributed by atoms with van der Waals surface area (Å²) in [5.41, 5.74) is 1.73. The Bertz CT molecular complexity index is 698. The summed E-state index contributed by atoms with van der Waals surface area (Å²) in [5, 5.41) is 0.455. The minimum atomic E-state index is -0.191. The standard InChI is InChI=1S/C16H14BrClO3/c1-9-5-4-6-10(14(9)18)15(19)11-7-8-12(20-2)13(17)16(11)21-3/h4-8H,1-3H3. The fraction of sp³-hybridized carbons (Fsp3) is 0.188. The average Bonchev–Trinajstić information content (AvgIpc) is 2.49. The van der Waals surface area contributed by atoms with E-state index in [2.05, 4.69) is 15.9 Å². The molecule has 0 saturated carbocycles. The van der Waals surface area contributed by atoms with Gasteiger partial charge in [0.1, 0.15) is 16.0 Å². The van der Waals surface area contributed by atoms with Crippen LogP contribution >= 0.6 is 27.5 Å². The number of hydrogen-bond donors (Lipinski definition) is 0. The van der Waals surface area contributed by atoms with E-state index in [-0.39, 0.29) is 5.78 Å². The number of ether oxygens (including phenoxy) is 2. The molecule has 5 heteroatoms. The van der Waals surface area contributed by atoms with Crippen molar-refractivity contribution in [3.05, 3.63) is 56.5 Å². The number of carbonyl (C=O) groups is 1. The Hall–Kier alpha value is -1.52. The van der Waals surface area contributed by atoms with Gasteiger partial charge in [-0.3, -0.25) is 4.79 Å². The molecule has 0 saturated heterocycles. The lowest BCUT2D eigenvalue weighted by Crippen LogP contribution is -2.06. The zero-order chi connectivity index (χ0) is 15.6. The molecule has 2 rings (SSSR count). The van der Waals surface area contributed by atoms with Crippen molar-refractivity contribution in [2.45, 2.75) is 6.92 Å². The maximum Gasteiger partial charge on any atom is 0.198 e. The number of carbonyl (C=O) groups excluding carboxylic acids is 1. The minimum absolute atomic E-state index is 0.191. The first-order valence-electron chi connectivity index (χ1n) is 6.21. The van der Waals surface area contributed by atoms with Gasteiger partial charge in [0.15, 0.2) is 5.78 Å². The SMILES string of the molecule is COc1ccc(C(=O)c2cccc(C)c2Cl)c(OC)c1Br. The van der Waals surface area contributed by atoms with Gasteiger partial charge in [-0.25, -0.2) is 0 Å². The highest BCUT2D eigenvalue weighted by atomic mass is 79.9. The third-order valence-electron chi connectivity index (χ3n) is 3.17. The van der Waals surface area contributed by atoms with Gasteiger partial charge in [-0.05, 0) is 46.6 Å². The summed E-state index contributed by atoms with van der Waals surface area (Å²) in [5.74, 6) is 0.833. The lowest BCUT2D eigenvalue weighted by molar-refractivity contribution is 0.103. The van der Waals surface area contributed by atoms with E-state index in [1.54, 1.807) is 31.4 Å². The summed E-state index contributed by atoms with van der Waals surface area (Å²) < 4.78 is 11.1. The highest BCUT2D eigenvalue weighted by molar-refractivity contribution is 9.10. The second-order valence-electron chi connectivity index (χ2n) is 4.43. The molecule has 0 spiro atoms. The fourth-order valence-corrected chi connectivity index (χ4v) is 2.92. The van der Waals surface area contributed by atoms with E-state index in [1.165, 1.54) is 7.11 Å². The van der Waals surface area contributed by atoms with Crippen molar-refractivity contribution in [3.8, 4) is 11.5 Å². The molecule has 0 aliphatic rings. The van der Waals surface area contributed by atoms with Gasteiger partial charge in [-0.1, -0.05) is 23.7 Å². The lowest BCUT2D eigenvalue weighted by atomic mass is 10.0. The molecule has 0 N–H and O–H groups in total. The van der Waals surface area contributed by atoms with Crippen LogP contribution in [0.1, 0.15) is 21.5 Å². The Morgan fingerprint density at radius 2 is 1.81 bits per heavy atom. The van der Waals surface area contributed by atoms with Crippen molar-refractivity contribution >= 4 is 33.3 Å². The summed E-state index contributed by atoms with van der Waals surface area (Å²) in [6.07, 6.45) is 0. The number of rotatable bonds is 4. The van der Waals surface area contributed by atoms with Crippen molar-refractivity contribution in [2.24, 2.45) is 0 Å². The van der Waals surface area contributed by atoms with Crippen LogP contribution < -0.4 is 9.47 Å². The van der Waals surface area contributed by atoms with Crippen molar-refractivity contribution < 1.29 is 14.3 Å². The Morgan fingerprint density at radius 1 is 1.10 bits per heavy atom. The van der Waals surface area contributed by atoms with Gasteiger partial charge >= 0.3 is 0 Å². The summed E-state index contributed by atoms with van der Waals surface area (Å²) in [6.45, 7) is 1.86. The molecule has 0 amide bonds. The van der Waals surface area contributed by atoms with Gasteiger partial charge in [0.25, 0.3) is 0 Å². The number of benzene rings is 2. The third-order valence-corrected chi connectivity index (χ3v) is 4.42. The van der Waals surface area contributed by atoms with Gasteiger partial charge in [-0.2, -0.15) is 0 Å². The topological polar surface area (TPSA) is 35.5 Å². The van der Waals surface area contributed by atoms with Crippen molar-refractivity contribution in [2.75, 3.05) is 14.2 Å². The van der Waals surface area contributed by atoms with Crippen LogP contribution in [0, 0.1) is 6.92 Å². The molecule has 0 unspecified atom stereocenters. The first kappa shape index (κ1) is 15.9. The van der Waals surface area contributed by atoms with Crippen LogP contribution in [-0.2, 0) is 0 Å². The van der Waals surface area contributed by atoms with Crippen LogP contribution in [0.4, 0.5) is 0 Å². The van der Waals surface area contributed by atoms with Gasteiger partial charge in [0.05, 0.1) is 24.8 Å². The number of hydrogen-bond acceptors (Lipinski definition) is 3. The van der Waals surface area contributed by atoms with Gasteiger partial charge in [0, 0.05) is 5.56 Å². The number of ketones is 1. The third kappa shape index (κ3) is 2.92. The zero-order valence-electron chi connectivity index (χ0n) is 11.9. The van der Waals surface area contributed by atoms with E-state index in [9.17, 15) is 4.79 Å². The molecule has 0 radical (unpaired) electrons. The summed E-state index contributed by atoms with van der Waals surface area (Å²) >= 11 is 9.62. The molecule has 110 valence electrons. The predicted octanol–water partition coefficient (Wildman–Crippen LogP) is 4.66. The lowest BCUT2D eigenvalue weighted by Gasteiger charge is -2.13. The van der Waals surface area contributed by atoms with Gasteiger partial charge in [-0.15, -0.1) is 0 Å². The average molecular weight is 370 g/mol. The molecule has 0 bridgehead atoms. The van der Waals surface area contributed by atoms with Crippen LogP contribution in [0.2, 0.25) is 5.02 Å². The minimum Gasteiger partial charge on any atom is -0.495 e. The molecule has 0 aromatic heterocycles. The Labute approximate surface area is 137 Å². The van der Waals surface area contributed by atoms with Gasteiger partial charge < -0.3 is 9.47 Å². The van der Waals surface area contributed by atoms with Crippen LogP contribution in [0.25, 0.3) is 0 Å². The number of aryl methyl sites for hydroxylation is 1. The highest BCUT2D eigenvalue weighted by Gasteiger charge is 2.21. The summed E-state index contributed by atoms with van der Waals surface area (Å²) in [6, 6.07) is 8.75. The molecular formula is C16H14BrClO3. The molecule has 2 aromatic rings. The molecule has 2 aromatic carbocycles. The van der Waals surface area contributed by atoms with Crippen molar-refractivity contribution in [1.29, 1.82) is 0 Å². The van der Waals surface area contributed by atoms with E-state index >= 15 is 0 Å². The molecule has 0 fully saturated rings. The normalized spacial score (nSPS) is 10.3. The summed E-state index contributed by atoms with van der Waals surface area (Å²) in [4.78, 5) is 12.7. The summed E-state index contributed by atoms with van der Waals surface area (Å²) in [7, 11) is 3.06. The molecule has 0 atom stereocenters. The van der Waals surface area contributed by atoms with Crippen molar-refractivity contribution in [1.82, 2.24) is 0 Å². The number of methoxy groups -OCH3 is 2. The van der Waals surface area contributed by atoms with E-state index in [1.807, 2.05) is 13.0 Å². The molecule has 3 nitrogen and oxygen atoms in total. The Morgan fingerprint density at radius 3 is 2.43 bits per heavy atom. The van der Waals surface area contributed by atoms with E-state index < -0.39 is 0 Å². The molecule has 21 heavy (non-hydrogen) atoms. The molecular weight excluding hydrogens is 356 g/mol. The quantitative estimate of drug-likeness (QED) is 0.735. The molecule has 0 aliphatic heterocycles. The van der Waals surface area contributed by atoms with Crippen LogP contribution in [0.15, 0.2) is 34.8 Å². The predicted molar refractivity (Wildman–Crippen MR) is 86.9 cm³/mol. The maximum atomic E-state index is 12.7. The first-order chi connectivity index (χ1) is 10.0. The Balaban J connectivity index is 2.59. The smallest absolute Gasteiger partial charge is 0.198 e. The Kier molecular flexibility index (Phi) is 4.91. The maximum absolute atomic E-state index is 12.7. The van der Waals surface area contributed by atoms with Crippen molar-refractivity contribution in [3.63, 3.8) is 0 Å². The largest absolute Gasteiger partial charge is 0.495 e. The van der Waals surface area contributed by atoms with Gasteiger partial charge in [0.2, 0.25) is 0 Å². The zero-order valence-corrected chi connectivity index (χ0v) is 14.2. The second kappa shape index (κ2) is 6.50. The molecule has 0 aliphatic carbocycles. The van der Waals surface area contributed by atoms with E-state index in [0.717, 1.165) is 5.56 Å². The van der Waals surface area contributed by atoms with E-state index in [4.69, 9.17) is 21.1 Å². The fourth-order valence-electron chi connectivity index (χ4n) is 2.04. The monoisotopic (exact) mass is 368 g/mol. The first-order valence-corrected chi connectivity index (χ1v) is 7.38.